The van der Waals surface area contributed by atoms with Crippen LogP contribution in [0.2, 0.25) is 0 Å². The normalized spacial score (nSPS) is 18.2. The number of carbonyl (C=O) groups is 4. The van der Waals surface area contributed by atoms with Crippen LogP contribution in [0.4, 0.5) is 21.6 Å². The van der Waals surface area contributed by atoms with Gasteiger partial charge in [0.05, 0.1) is 24.1 Å². The second-order valence-electron chi connectivity index (χ2n) is 17.4. The van der Waals surface area contributed by atoms with Crippen LogP contribution < -0.4 is 30.9 Å². The molecule has 17 heteroatoms. The largest absolute Gasteiger partial charge is 0.496 e. The molecule has 10 rings (SSSR count). The first kappa shape index (κ1) is 42.5. The van der Waals surface area contributed by atoms with E-state index in [2.05, 4.69) is 65.6 Å². The van der Waals surface area contributed by atoms with E-state index in [4.69, 9.17) is 15.6 Å². The molecule has 1 atom stereocenters. The Bertz CT molecular complexity index is 2840. The van der Waals surface area contributed by atoms with E-state index in [1.54, 1.807) is 4.90 Å². The minimum Gasteiger partial charge on any atom is -0.496 e. The number of piperazine rings is 1. The Hall–Kier alpha value is -7.40. The van der Waals surface area contributed by atoms with E-state index < -0.39 is 23.7 Å². The molecule has 4 N–H and O–H groups in total. The second kappa shape index (κ2) is 17.9. The molecular formula is C49H50FN11O5. The van der Waals surface area contributed by atoms with Gasteiger partial charge in [0.1, 0.15) is 35.4 Å². The molecule has 16 nitrogen and oxygen atoms in total. The van der Waals surface area contributed by atoms with Crippen LogP contribution in [0.25, 0.3) is 22.3 Å². The summed E-state index contributed by atoms with van der Waals surface area (Å²) in [5.74, 6) is -1.13. The summed E-state index contributed by atoms with van der Waals surface area (Å²) in [5.41, 5.74) is 14.8. The van der Waals surface area contributed by atoms with Gasteiger partial charge in [-0.05, 0) is 84.5 Å². The van der Waals surface area contributed by atoms with Gasteiger partial charge in [0.2, 0.25) is 11.8 Å². The zero-order valence-electron chi connectivity index (χ0n) is 36.6. The van der Waals surface area contributed by atoms with Crippen LogP contribution in [0.1, 0.15) is 69.1 Å². The third-order valence-corrected chi connectivity index (χ3v) is 13.4. The molecule has 0 spiro atoms. The molecule has 0 unspecified atom stereocenters. The molecule has 2 aromatic heterocycles. The maximum Gasteiger partial charge on any atom is 0.255 e. The topological polar surface area (TPSA) is 184 Å². The van der Waals surface area contributed by atoms with Crippen LogP contribution in [0, 0.1) is 5.82 Å². The summed E-state index contributed by atoms with van der Waals surface area (Å²) < 4.78 is 21.1. The lowest BCUT2D eigenvalue weighted by Crippen LogP contribution is -2.52. The quantitative estimate of drug-likeness (QED) is 0.147. The minimum absolute atomic E-state index is 0.117. The molecule has 3 fully saturated rings. The molecule has 4 amide bonds. The zero-order valence-corrected chi connectivity index (χ0v) is 36.6. The molecule has 66 heavy (non-hydrogen) atoms. The summed E-state index contributed by atoms with van der Waals surface area (Å²) >= 11 is 0. The Morgan fingerprint density at radius 2 is 1.58 bits per heavy atom. The Kier molecular flexibility index (Phi) is 11.5. The lowest BCUT2D eigenvalue weighted by molar-refractivity contribution is -0.136. The Balaban J connectivity index is 0.725. The third kappa shape index (κ3) is 8.37. The number of benzene rings is 4. The number of nitrogen functional groups attached to an aromatic ring is 1. The average molecular weight is 892 g/mol. The summed E-state index contributed by atoms with van der Waals surface area (Å²) in [6, 6.07) is 25.9. The standard InChI is InChI=1S/C49H50FN11O5/c1-66-41-14-8-34(50)25-39(41)47(63)52-26-30-2-6-32(7-3-30)44-43-45(51)53-29-54-46(43)61(56-44)36-16-18-58(19-17-36)35-9-4-31(5-10-35)27-57-20-22-59(23-21-57)37-11-12-38-33(24-37)28-60(49(38)65)40-13-15-42(62)55-48(40)64/h2-12,14,24-25,29,36,40H,13,15-23,26-28H2,1H3,(H,52,63)(H2,51,53,54)(H,55,62,64)/t40-/m0/s1. The predicted molar refractivity (Wildman–Crippen MR) is 246 cm³/mol. The molecule has 0 saturated carbocycles. The lowest BCUT2D eigenvalue weighted by Gasteiger charge is -2.36. The number of imide groups is 1. The molecule has 6 heterocycles. The number of nitrogens with two attached hydrogens (primary N) is 1. The van der Waals surface area contributed by atoms with Gasteiger partial charge in [0, 0.05) is 87.8 Å². The summed E-state index contributed by atoms with van der Waals surface area (Å²) in [6.45, 7) is 6.75. The van der Waals surface area contributed by atoms with Crippen molar-refractivity contribution < 1.29 is 28.3 Å². The van der Waals surface area contributed by atoms with Crippen molar-refractivity contribution in [3.63, 3.8) is 0 Å². The fourth-order valence-corrected chi connectivity index (χ4v) is 9.73. The monoisotopic (exact) mass is 891 g/mol. The van der Waals surface area contributed by atoms with Crippen molar-refractivity contribution in [1.82, 2.24) is 40.2 Å². The number of nitrogens with one attached hydrogen (secondary N) is 2. The fourth-order valence-electron chi connectivity index (χ4n) is 9.73. The first-order chi connectivity index (χ1) is 32.1. The Labute approximate surface area is 380 Å². The van der Waals surface area contributed by atoms with Crippen molar-refractivity contribution >= 4 is 51.9 Å². The van der Waals surface area contributed by atoms with Crippen LogP contribution in [0.5, 0.6) is 5.75 Å². The van der Waals surface area contributed by atoms with Gasteiger partial charge in [-0.25, -0.2) is 19.0 Å². The number of rotatable bonds is 11. The van der Waals surface area contributed by atoms with E-state index >= 15 is 0 Å². The number of nitrogens with zero attached hydrogens (tertiary/aromatic N) is 8. The van der Waals surface area contributed by atoms with Crippen LogP contribution in [0.3, 0.4) is 0 Å². The van der Waals surface area contributed by atoms with Crippen molar-refractivity contribution in [3.05, 3.63) is 125 Å². The van der Waals surface area contributed by atoms with Crippen molar-refractivity contribution in [3.8, 4) is 17.0 Å². The van der Waals surface area contributed by atoms with Gasteiger partial charge in [0.15, 0.2) is 5.65 Å². The summed E-state index contributed by atoms with van der Waals surface area (Å²) in [5, 5.41) is 11.0. The molecule has 4 aliphatic heterocycles. The molecule has 6 aromatic rings. The summed E-state index contributed by atoms with van der Waals surface area (Å²) in [4.78, 5) is 68.0. The van der Waals surface area contributed by atoms with E-state index in [0.717, 1.165) is 87.1 Å². The van der Waals surface area contributed by atoms with Crippen molar-refractivity contribution in [2.75, 3.05) is 61.9 Å². The molecular weight excluding hydrogens is 842 g/mol. The third-order valence-electron chi connectivity index (χ3n) is 13.4. The van der Waals surface area contributed by atoms with Gasteiger partial charge >= 0.3 is 0 Å². The minimum atomic E-state index is -0.617. The van der Waals surface area contributed by atoms with Gasteiger partial charge in [-0.1, -0.05) is 36.4 Å². The second-order valence-corrected chi connectivity index (χ2v) is 17.4. The number of anilines is 3. The molecule has 0 bridgehead atoms. The van der Waals surface area contributed by atoms with Gasteiger partial charge in [-0.3, -0.25) is 29.4 Å². The summed E-state index contributed by atoms with van der Waals surface area (Å²) in [7, 11) is 1.44. The van der Waals surface area contributed by atoms with Crippen molar-refractivity contribution in [2.45, 2.75) is 57.4 Å². The van der Waals surface area contributed by atoms with Crippen molar-refractivity contribution in [2.24, 2.45) is 0 Å². The van der Waals surface area contributed by atoms with Crippen LogP contribution >= 0.6 is 0 Å². The molecule has 4 aromatic carbocycles. The number of carbonyl (C=O) groups excluding carboxylic acids is 4. The number of fused-ring (bicyclic) bond motifs is 2. The first-order valence-corrected chi connectivity index (χ1v) is 22.4. The molecule has 4 aliphatic rings. The van der Waals surface area contributed by atoms with E-state index in [0.29, 0.717) is 46.8 Å². The Morgan fingerprint density at radius 3 is 2.32 bits per heavy atom. The molecule has 0 aliphatic carbocycles. The number of amides is 4. The average Bonchev–Trinajstić information content (AvgIpc) is 3.89. The van der Waals surface area contributed by atoms with E-state index in [1.165, 1.54) is 36.8 Å². The molecule has 0 radical (unpaired) electrons. The van der Waals surface area contributed by atoms with E-state index in [1.807, 2.05) is 41.1 Å². The van der Waals surface area contributed by atoms with Crippen LogP contribution in [0.15, 0.2) is 91.3 Å². The number of ether oxygens (including phenoxy) is 1. The van der Waals surface area contributed by atoms with Gasteiger partial charge < -0.3 is 30.5 Å². The molecule has 338 valence electrons. The maximum atomic E-state index is 13.9. The number of hydrogen-bond donors (Lipinski definition) is 3. The number of piperidine rings is 2. The highest BCUT2D eigenvalue weighted by Gasteiger charge is 2.39. The number of halogens is 1. The zero-order chi connectivity index (χ0) is 45.5. The summed E-state index contributed by atoms with van der Waals surface area (Å²) in [6.07, 6.45) is 3.82. The smallest absolute Gasteiger partial charge is 0.255 e. The Morgan fingerprint density at radius 1 is 0.848 bits per heavy atom. The number of aromatic nitrogens is 4. The van der Waals surface area contributed by atoms with Gasteiger partial charge in [-0.2, -0.15) is 5.10 Å². The maximum absolute atomic E-state index is 13.9. The highest BCUT2D eigenvalue weighted by Crippen LogP contribution is 2.36. The lowest BCUT2D eigenvalue weighted by atomic mass is 10.0. The van der Waals surface area contributed by atoms with Crippen molar-refractivity contribution in [1.29, 1.82) is 0 Å². The van der Waals surface area contributed by atoms with Gasteiger partial charge in [-0.15, -0.1) is 0 Å². The molecule has 3 saturated heterocycles. The van der Waals surface area contributed by atoms with E-state index in [9.17, 15) is 23.6 Å². The van der Waals surface area contributed by atoms with Crippen LogP contribution in [-0.4, -0.2) is 106 Å². The highest BCUT2D eigenvalue weighted by atomic mass is 19.1. The highest BCUT2D eigenvalue weighted by molar-refractivity contribution is 6.05. The fraction of sp³-hybridized carbons (Fsp3) is 0.327. The van der Waals surface area contributed by atoms with Gasteiger partial charge in [0.25, 0.3) is 11.8 Å². The number of hydrogen-bond acceptors (Lipinski definition) is 12. The SMILES string of the molecule is COc1ccc(F)cc1C(=O)NCc1ccc(-c2nn(C3CCN(c4ccc(CN5CCN(c6ccc7c(c6)CN([C@H]6CCC(=O)NC6=O)C7=O)CC5)cc4)CC3)c3ncnc(N)c23)cc1. The van der Waals surface area contributed by atoms with E-state index in [-0.39, 0.29) is 36.4 Å². The predicted octanol–water partition coefficient (Wildman–Crippen LogP) is 5.08. The van der Waals surface area contributed by atoms with Crippen LogP contribution in [-0.2, 0) is 29.2 Å². The first-order valence-electron chi connectivity index (χ1n) is 22.4. The number of methoxy groups -OCH3 is 1.